The van der Waals surface area contributed by atoms with Crippen LogP contribution in [-0.2, 0) is 0 Å². The zero-order valence-electron chi connectivity index (χ0n) is 8.72. The first-order chi connectivity index (χ1) is 6.86. The van der Waals surface area contributed by atoms with E-state index in [1.807, 2.05) is 0 Å². The van der Waals surface area contributed by atoms with Crippen molar-refractivity contribution in [2.45, 2.75) is 38.5 Å². The zero-order valence-corrected chi connectivity index (χ0v) is 11.9. The molecule has 2 aliphatic carbocycles. The van der Waals surface area contributed by atoms with E-state index in [0.29, 0.717) is 0 Å². The molecule has 2 aliphatic rings. The maximum absolute atomic E-state index is 3.71. The van der Waals surface area contributed by atoms with Crippen LogP contribution in [-0.4, -0.2) is 10.7 Å². The van der Waals surface area contributed by atoms with Gasteiger partial charge in [-0.25, -0.2) is 0 Å². The van der Waals surface area contributed by atoms with Crippen LogP contribution in [0.5, 0.6) is 0 Å². The Kier molecular flexibility index (Phi) is 4.36. The maximum Gasteiger partial charge on any atom is 0.00625 e. The Morgan fingerprint density at radius 3 is 1.71 bits per heavy atom. The summed E-state index contributed by atoms with van der Waals surface area (Å²) in [5, 5.41) is 2.47. The van der Waals surface area contributed by atoms with E-state index in [-0.39, 0.29) is 0 Å². The van der Waals surface area contributed by atoms with Crippen LogP contribution in [0.25, 0.3) is 0 Å². The highest BCUT2D eigenvalue weighted by Crippen LogP contribution is 2.47. The van der Waals surface area contributed by atoms with Crippen molar-refractivity contribution in [3.63, 3.8) is 0 Å². The van der Waals surface area contributed by atoms with Crippen molar-refractivity contribution in [2.24, 2.45) is 23.7 Å². The summed E-state index contributed by atoms with van der Waals surface area (Å²) in [5.74, 6) is 4.02. The Morgan fingerprint density at radius 2 is 1.29 bits per heavy atom. The highest BCUT2D eigenvalue weighted by molar-refractivity contribution is 9.09. The highest BCUT2D eigenvalue weighted by atomic mass is 79.9. The molecule has 0 saturated heterocycles. The maximum atomic E-state index is 3.71. The Bertz CT molecular complexity index is 152. The van der Waals surface area contributed by atoms with Crippen LogP contribution in [0.15, 0.2) is 0 Å². The summed E-state index contributed by atoms with van der Waals surface area (Å²) in [6, 6.07) is 0. The quantitative estimate of drug-likeness (QED) is 0.651. The molecule has 0 aliphatic heterocycles. The van der Waals surface area contributed by atoms with Gasteiger partial charge in [-0.2, -0.15) is 0 Å². The van der Waals surface area contributed by atoms with E-state index in [2.05, 4.69) is 31.9 Å². The summed E-state index contributed by atoms with van der Waals surface area (Å²) >= 11 is 7.43. The Balaban J connectivity index is 2.08. The Labute approximate surface area is 104 Å². The number of hydrogen-bond acceptors (Lipinski definition) is 0. The number of fused-ring (bicyclic) bond motifs is 1. The minimum absolute atomic E-state index is 0.969. The van der Waals surface area contributed by atoms with Crippen molar-refractivity contribution < 1.29 is 0 Å². The van der Waals surface area contributed by atoms with Crippen molar-refractivity contribution in [3.05, 3.63) is 0 Å². The molecular formula is C12H20Br2. The van der Waals surface area contributed by atoms with Crippen LogP contribution in [0.4, 0.5) is 0 Å². The summed E-state index contributed by atoms with van der Waals surface area (Å²) in [6.45, 7) is 0. The van der Waals surface area contributed by atoms with Gasteiger partial charge < -0.3 is 0 Å². The molecular weight excluding hydrogens is 304 g/mol. The minimum Gasteiger partial charge on any atom is -0.0925 e. The third-order valence-corrected chi connectivity index (χ3v) is 5.99. The molecule has 14 heavy (non-hydrogen) atoms. The number of alkyl halides is 2. The largest absolute Gasteiger partial charge is 0.0925 e. The molecule has 0 aromatic carbocycles. The third-order valence-electron chi connectivity index (χ3n) is 4.33. The summed E-state index contributed by atoms with van der Waals surface area (Å²) in [6.07, 6.45) is 8.92. The van der Waals surface area contributed by atoms with Gasteiger partial charge in [0.25, 0.3) is 0 Å². The van der Waals surface area contributed by atoms with Gasteiger partial charge in [0.15, 0.2) is 0 Å². The second-order valence-electron chi connectivity index (χ2n) is 5.03. The van der Waals surface area contributed by atoms with Gasteiger partial charge in [-0.1, -0.05) is 57.5 Å². The first kappa shape index (κ1) is 11.4. The molecule has 2 unspecified atom stereocenters. The molecule has 0 aromatic rings. The van der Waals surface area contributed by atoms with Crippen molar-refractivity contribution >= 4 is 31.9 Å². The molecule has 2 saturated carbocycles. The van der Waals surface area contributed by atoms with Gasteiger partial charge in [0.05, 0.1) is 0 Å². The van der Waals surface area contributed by atoms with Crippen LogP contribution < -0.4 is 0 Å². The molecule has 2 atom stereocenters. The molecule has 0 aromatic heterocycles. The van der Waals surface area contributed by atoms with Gasteiger partial charge in [-0.15, -0.1) is 0 Å². The van der Waals surface area contributed by atoms with Crippen LogP contribution in [0.3, 0.4) is 0 Å². The highest BCUT2D eigenvalue weighted by Gasteiger charge is 2.39. The summed E-state index contributed by atoms with van der Waals surface area (Å²) in [4.78, 5) is 0. The summed E-state index contributed by atoms with van der Waals surface area (Å²) < 4.78 is 0. The fourth-order valence-electron chi connectivity index (χ4n) is 3.71. The van der Waals surface area contributed by atoms with E-state index in [0.717, 1.165) is 23.7 Å². The average molecular weight is 324 g/mol. The first-order valence-electron chi connectivity index (χ1n) is 5.98. The van der Waals surface area contributed by atoms with E-state index in [4.69, 9.17) is 0 Å². The fraction of sp³-hybridized carbons (Fsp3) is 1.00. The van der Waals surface area contributed by atoms with Gasteiger partial charge in [0.2, 0.25) is 0 Å². The number of hydrogen-bond donors (Lipinski definition) is 0. The second kappa shape index (κ2) is 5.34. The predicted octanol–water partition coefficient (Wildman–Crippen LogP) is 4.61. The smallest absolute Gasteiger partial charge is 0.00625 e. The van der Waals surface area contributed by atoms with E-state index in [9.17, 15) is 0 Å². The minimum atomic E-state index is 0.969. The molecule has 2 rings (SSSR count). The van der Waals surface area contributed by atoms with Crippen molar-refractivity contribution in [1.29, 1.82) is 0 Å². The van der Waals surface area contributed by atoms with E-state index in [1.54, 1.807) is 0 Å². The normalized spacial score (nSPS) is 43.3. The Morgan fingerprint density at radius 1 is 0.786 bits per heavy atom. The number of rotatable bonds is 2. The van der Waals surface area contributed by atoms with Crippen LogP contribution >= 0.6 is 31.9 Å². The standard InChI is InChI=1S/C12H20Br2/c13-7-10-5-1-3-9-4-2-6-11(8-14)12(9)10/h9-12H,1-8H2. The van der Waals surface area contributed by atoms with Crippen molar-refractivity contribution in [3.8, 4) is 0 Å². The molecule has 0 spiro atoms. The van der Waals surface area contributed by atoms with Crippen LogP contribution in [0.2, 0.25) is 0 Å². The van der Waals surface area contributed by atoms with E-state index < -0.39 is 0 Å². The van der Waals surface area contributed by atoms with Gasteiger partial charge in [-0.05, 0) is 36.5 Å². The molecule has 82 valence electrons. The molecule has 0 N–H and O–H groups in total. The van der Waals surface area contributed by atoms with Crippen molar-refractivity contribution in [1.82, 2.24) is 0 Å². The first-order valence-corrected chi connectivity index (χ1v) is 8.23. The average Bonchev–Trinajstić information content (AvgIpc) is 2.27. The molecule has 2 fully saturated rings. The molecule has 0 amide bonds. The fourth-order valence-corrected chi connectivity index (χ4v) is 5.22. The van der Waals surface area contributed by atoms with Gasteiger partial charge in [0, 0.05) is 10.7 Å². The number of halogens is 2. The molecule has 0 heterocycles. The van der Waals surface area contributed by atoms with Gasteiger partial charge in [0.1, 0.15) is 0 Å². The lowest BCUT2D eigenvalue weighted by Crippen LogP contribution is -2.38. The Hall–Kier alpha value is 0.960. The van der Waals surface area contributed by atoms with Gasteiger partial charge >= 0.3 is 0 Å². The SMILES string of the molecule is BrCC1CCCC2CCCC(CBr)C12. The van der Waals surface area contributed by atoms with Crippen molar-refractivity contribution in [2.75, 3.05) is 10.7 Å². The summed E-state index contributed by atoms with van der Waals surface area (Å²) in [5.41, 5.74) is 0. The van der Waals surface area contributed by atoms with Crippen LogP contribution in [0, 0.1) is 23.7 Å². The zero-order chi connectivity index (χ0) is 9.97. The van der Waals surface area contributed by atoms with E-state index in [1.165, 1.54) is 49.2 Å². The molecule has 0 radical (unpaired) electrons. The molecule has 0 nitrogen and oxygen atoms in total. The van der Waals surface area contributed by atoms with E-state index >= 15 is 0 Å². The third kappa shape index (κ3) is 2.21. The summed E-state index contributed by atoms with van der Waals surface area (Å²) in [7, 11) is 0. The lowest BCUT2D eigenvalue weighted by Gasteiger charge is -2.45. The second-order valence-corrected chi connectivity index (χ2v) is 6.32. The topological polar surface area (TPSA) is 0 Å². The molecule has 2 heteroatoms. The predicted molar refractivity (Wildman–Crippen MR) is 69.3 cm³/mol. The van der Waals surface area contributed by atoms with Gasteiger partial charge in [-0.3, -0.25) is 0 Å². The monoisotopic (exact) mass is 322 g/mol. The lowest BCUT2D eigenvalue weighted by atomic mass is 9.62. The van der Waals surface area contributed by atoms with Crippen LogP contribution in [0.1, 0.15) is 38.5 Å². The molecule has 0 bridgehead atoms. The lowest BCUT2D eigenvalue weighted by molar-refractivity contribution is 0.0708.